The van der Waals surface area contributed by atoms with Crippen molar-refractivity contribution in [2.24, 2.45) is 0 Å². The predicted molar refractivity (Wildman–Crippen MR) is 94.0 cm³/mol. The number of carbonyl (C=O) groups is 1. The molecule has 0 saturated carbocycles. The van der Waals surface area contributed by atoms with Crippen molar-refractivity contribution in [2.45, 2.75) is 18.6 Å². The largest absolute Gasteiger partial charge is 0.490 e. The lowest BCUT2D eigenvalue weighted by molar-refractivity contribution is -0.385. The van der Waals surface area contributed by atoms with Crippen LogP contribution >= 0.6 is 11.8 Å². The second-order valence-corrected chi connectivity index (χ2v) is 5.93. The molecule has 9 nitrogen and oxygen atoms in total. The normalized spacial score (nSPS) is 10.3. The molecule has 0 aliphatic carbocycles. The molecule has 0 spiro atoms. The van der Waals surface area contributed by atoms with E-state index in [-0.39, 0.29) is 23.1 Å². The minimum absolute atomic E-state index is 0.0873. The number of nitro groups is 1. The summed E-state index contributed by atoms with van der Waals surface area (Å²) in [6.45, 7) is 5.88. The van der Waals surface area contributed by atoms with Crippen molar-refractivity contribution < 1.29 is 14.5 Å². The number of thioether (sulfide) groups is 1. The van der Waals surface area contributed by atoms with E-state index in [1.165, 1.54) is 31.0 Å². The Morgan fingerprint density at radius 3 is 2.96 bits per heavy atom. The number of anilines is 1. The average molecular weight is 363 g/mol. The van der Waals surface area contributed by atoms with E-state index in [1.807, 2.05) is 0 Å². The van der Waals surface area contributed by atoms with Gasteiger partial charge in [-0.3, -0.25) is 14.9 Å². The molecule has 0 atom stereocenters. The maximum atomic E-state index is 12.2. The maximum Gasteiger partial charge on any atom is 0.311 e. The van der Waals surface area contributed by atoms with Crippen LogP contribution in [0.5, 0.6) is 5.75 Å². The van der Waals surface area contributed by atoms with Crippen LogP contribution in [0.1, 0.15) is 5.56 Å². The molecule has 10 heteroatoms. The summed E-state index contributed by atoms with van der Waals surface area (Å²) in [6.07, 6.45) is 3.27. The lowest BCUT2D eigenvalue weighted by Crippen LogP contribution is -2.15. The van der Waals surface area contributed by atoms with Crippen LogP contribution in [-0.2, 0) is 11.3 Å². The Hall–Kier alpha value is -2.88. The lowest BCUT2D eigenvalue weighted by Gasteiger charge is -2.10. The number of nitrogens with one attached hydrogen (secondary N) is 1. The maximum absolute atomic E-state index is 12.2. The van der Waals surface area contributed by atoms with Crippen molar-refractivity contribution in [2.75, 3.05) is 18.2 Å². The van der Waals surface area contributed by atoms with Gasteiger partial charge in [0.1, 0.15) is 6.33 Å². The number of amides is 1. The second kappa shape index (κ2) is 8.29. The summed E-state index contributed by atoms with van der Waals surface area (Å²) in [6, 6.07) is 2.80. The Bertz CT molecular complexity index is 805. The van der Waals surface area contributed by atoms with Gasteiger partial charge in [-0.1, -0.05) is 17.8 Å². The highest BCUT2D eigenvalue weighted by atomic mass is 32.2. The number of allylic oxidation sites excluding steroid dienone is 1. The summed E-state index contributed by atoms with van der Waals surface area (Å²) < 4.78 is 6.79. The fourth-order valence-electron chi connectivity index (χ4n) is 2.05. The zero-order valence-electron chi connectivity index (χ0n) is 13.8. The van der Waals surface area contributed by atoms with Gasteiger partial charge in [0.15, 0.2) is 10.9 Å². The molecular formula is C15H17N5O4S. The standard InChI is InChI=1S/C15H17N5O4S/c1-4-5-19-9-16-18-15(19)25-8-14(21)17-11-7-13(24-3)12(20(22)23)6-10(11)2/h4,6-7,9H,1,5,8H2,2-3H3,(H,17,21). The molecule has 0 fully saturated rings. The number of hydrogen-bond donors (Lipinski definition) is 1. The third-order valence-corrected chi connectivity index (χ3v) is 4.22. The van der Waals surface area contributed by atoms with E-state index in [0.29, 0.717) is 23.0 Å². The number of benzene rings is 1. The van der Waals surface area contributed by atoms with Crippen molar-refractivity contribution in [3.63, 3.8) is 0 Å². The Labute approximate surface area is 148 Å². The zero-order valence-corrected chi connectivity index (χ0v) is 14.6. The van der Waals surface area contributed by atoms with E-state index >= 15 is 0 Å². The molecular weight excluding hydrogens is 346 g/mol. The number of nitrogens with zero attached hydrogens (tertiary/aromatic N) is 4. The number of rotatable bonds is 8. The number of carbonyl (C=O) groups excluding carboxylic acids is 1. The van der Waals surface area contributed by atoms with Crippen molar-refractivity contribution in [3.8, 4) is 5.75 Å². The highest BCUT2D eigenvalue weighted by Crippen LogP contribution is 2.32. The molecule has 0 radical (unpaired) electrons. The van der Waals surface area contributed by atoms with Gasteiger partial charge in [-0.05, 0) is 12.5 Å². The van der Waals surface area contributed by atoms with Gasteiger partial charge >= 0.3 is 5.69 Å². The van der Waals surface area contributed by atoms with Gasteiger partial charge in [0, 0.05) is 24.4 Å². The van der Waals surface area contributed by atoms with E-state index in [9.17, 15) is 14.9 Å². The van der Waals surface area contributed by atoms with E-state index in [2.05, 4.69) is 22.1 Å². The molecule has 0 bridgehead atoms. The predicted octanol–water partition coefficient (Wildman–Crippen LogP) is 2.42. The summed E-state index contributed by atoms with van der Waals surface area (Å²) in [5.41, 5.74) is 0.881. The third-order valence-electron chi connectivity index (χ3n) is 3.23. The lowest BCUT2D eigenvalue weighted by atomic mass is 10.1. The van der Waals surface area contributed by atoms with Gasteiger partial charge < -0.3 is 14.6 Å². The molecule has 2 aromatic rings. The Kier molecular flexibility index (Phi) is 6.12. The zero-order chi connectivity index (χ0) is 18.4. The third kappa shape index (κ3) is 4.57. The van der Waals surface area contributed by atoms with E-state index < -0.39 is 4.92 Å². The number of aryl methyl sites for hydroxylation is 1. The SMILES string of the molecule is C=CCn1cnnc1SCC(=O)Nc1cc(OC)c([N+](=O)[O-])cc1C. The summed E-state index contributed by atoms with van der Waals surface area (Å²) in [5.74, 6) is -0.0596. The minimum atomic E-state index is -0.528. The number of methoxy groups -OCH3 is 1. The molecule has 0 unspecified atom stereocenters. The smallest absolute Gasteiger partial charge is 0.311 e. The van der Waals surface area contributed by atoms with Crippen molar-refractivity contribution >= 4 is 29.0 Å². The van der Waals surface area contributed by atoms with Crippen molar-refractivity contribution in [1.29, 1.82) is 0 Å². The van der Waals surface area contributed by atoms with Gasteiger partial charge in [-0.15, -0.1) is 16.8 Å². The van der Waals surface area contributed by atoms with Crippen LogP contribution in [0.4, 0.5) is 11.4 Å². The minimum Gasteiger partial charge on any atom is -0.490 e. The number of ether oxygens (including phenoxy) is 1. The molecule has 0 aliphatic heterocycles. The molecule has 1 aromatic carbocycles. The van der Waals surface area contributed by atoms with E-state index in [4.69, 9.17) is 4.74 Å². The van der Waals surface area contributed by atoms with E-state index in [0.717, 1.165) is 0 Å². The van der Waals surface area contributed by atoms with Gasteiger partial charge in [0.25, 0.3) is 0 Å². The van der Waals surface area contributed by atoms with Crippen LogP contribution in [0.15, 0.2) is 36.3 Å². The van der Waals surface area contributed by atoms with Crippen LogP contribution in [0.3, 0.4) is 0 Å². The molecule has 1 aromatic heterocycles. The first-order chi connectivity index (χ1) is 12.0. The highest BCUT2D eigenvalue weighted by Gasteiger charge is 2.18. The fourth-order valence-corrected chi connectivity index (χ4v) is 2.78. The van der Waals surface area contributed by atoms with Gasteiger partial charge in [0.05, 0.1) is 17.8 Å². The van der Waals surface area contributed by atoms with E-state index in [1.54, 1.807) is 23.9 Å². The van der Waals surface area contributed by atoms with Crippen LogP contribution < -0.4 is 10.1 Å². The number of nitro benzene ring substituents is 1. The molecule has 1 amide bonds. The van der Waals surface area contributed by atoms with Crippen molar-refractivity contribution in [1.82, 2.24) is 14.8 Å². The summed E-state index contributed by atoms with van der Waals surface area (Å²) in [4.78, 5) is 22.6. The van der Waals surface area contributed by atoms with Crippen LogP contribution in [0.2, 0.25) is 0 Å². The molecule has 25 heavy (non-hydrogen) atoms. The quantitative estimate of drug-likeness (QED) is 0.332. The Balaban J connectivity index is 2.06. The first-order valence-corrected chi connectivity index (χ1v) is 8.19. The number of aromatic nitrogens is 3. The molecule has 1 N–H and O–H groups in total. The molecule has 132 valence electrons. The summed E-state index contributed by atoms with van der Waals surface area (Å²) >= 11 is 1.23. The van der Waals surface area contributed by atoms with Crippen molar-refractivity contribution in [3.05, 3.63) is 46.8 Å². The highest BCUT2D eigenvalue weighted by molar-refractivity contribution is 7.99. The molecule has 2 rings (SSSR count). The number of hydrogen-bond acceptors (Lipinski definition) is 7. The monoisotopic (exact) mass is 363 g/mol. The first kappa shape index (κ1) is 18.5. The summed E-state index contributed by atoms with van der Waals surface area (Å²) in [7, 11) is 1.34. The van der Waals surface area contributed by atoms with Gasteiger partial charge in [0.2, 0.25) is 5.91 Å². The van der Waals surface area contributed by atoms with Crippen LogP contribution in [0, 0.1) is 17.0 Å². The molecule has 1 heterocycles. The van der Waals surface area contributed by atoms with Crippen LogP contribution in [-0.4, -0.2) is 38.5 Å². The fraction of sp³-hybridized carbons (Fsp3) is 0.267. The Morgan fingerprint density at radius 1 is 1.56 bits per heavy atom. The average Bonchev–Trinajstić information content (AvgIpc) is 3.02. The topological polar surface area (TPSA) is 112 Å². The van der Waals surface area contributed by atoms with Gasteiger partial charge in [-0.2, -0.15) is 0 Å². The Morgan fingerprint density at radius 2 is 2.32 bits per heavy atom. The summed E-state index contributed by atoms with van der Waals surface area (Å²) in [5, 5.41) is 22.1. The second-order valence-electron chi connectivity index (χ2n) is 4.99. The van der Waals surface area contributed by atoms with Crippen LogP contribution in [0.25, 0.3) is 0 Å². The van der Waals surface area contributed by atoms with Gasteiger partial charge in [-0.25, -0.2) is 0 Å². The molecule has 0 saturated heterocycles. The molecule has 0 aliphatic rings. The first-order valence-electron chi connectivity index (χ1n) is 7.20.